The third-order valence-corrected chi connectivity index (χ3v) is 5.86. The molecule has 5 nitrogen and oxygen atoms in total. The summed E-state index contributed by atoms with van der Waals surface area (Å²) < 4.78 is 13.7. The molecule has 27 heavy (non-hydrogen) atoms. The molecule has 0 aromatic heterocycles. The fraction of sp³-hybridized carbons (Fsp3) is 0.381. The molecule has 2 aliphatic heterocycles. The van der Waals surface area contributed by atoms with Gasteiger partial charge in [0.2, 0.25) is 5.91 Å². The molecule has 1 fully saturated rings. The maximum atomic E-state index is 13.7. The molecule has 1 amide bonds. The molecule has 1 unspecified atom stereocenters. The maximum absolute atomic E-state index is 13.7. The van der Waals surface area contributed by atoms with Crippen molar-refractivity contribution in [2.24, 2.45) is 0 Å². The number of carbonyl (C=O) groups excluding carboxylic acids is 1. The van der Waals surface area contributed by atoms with Crippen LogP contribution in [0.15, 0.2) is 36.4 Å². The summed E-state index contributed by atoms with van der Waals surface area (Å²) in [7, 11) is 0. The van der Waals surface area contributed by atoms with E-state index in [2.05, 4.69) is 11.0 Å². The van der Waals surface area contributed by atoms with Crippen LogP contribution in [0.3, 0.4) is 0 Å². The van der Waals surface area contributed by atoms with Crippen molar-refractivity contribution in [3.8, 4) is 5.75 Å². The average Bonchev–Trinajstić information content (AvgIpc) is 2.69. The molecular weight excluding hydrogens is 347 g/mol. The molecule has 1 saturated heterocycles. The zero-order valence-corrected chi connectivity index (χ0v) is 15.0. The highest BCUT2D eigenvalue weighted by Crippen LogP contribution is 2.38. The Hall–Kier alpha value is -2.60. The average molecular weight is 368 g/mol. The molecule has 2 aromatic rings. The number of anilines is 1. The molecule has 6 heteroatoms. The molecule has 0 saturated carbocycles. The molecule has 3 aliphatic rings. The SMILES string of the molecule is O=C(C1Cc2c(F)cccc21)N1CCN(c2cccc3c2CCOO3)CC1. The van der Waals surface area contributed by atoms with Gasteiger partial charge < -0.3 is 14.7 Å². The summed E-state index contributed by atoms with van der Waals surface area (Å²) in [6, 6.07) is 11.0. The van der Waals surface area contributed by atoms with Crippen LogP contribution in [0, 0.1) is 5.82 Å². The van der Waals surface area contributed by atoms with Crippen LogP contribution in [0.5, 0.6) is 5.75 Å². The van der Waals surface area contributed by atoms with Crippen LogP contribution in [-0.2, 0) is 22.5 Å². The normalized spacial score (nSPS) is 21.0. The van der Waals surface area contributed by atoms with Gasteiger partial charge >= 0.3 is 0 Å². The van der Waals surface area contributed by atoms with Gasteiger partial charge in [-0.25, -0.2) is 4.39 Å². The van der Waals surface area contributed by atoms with Crippen molar-refractivity contribution < 1.29 is 19.0 Å². The standard InChI is InChI=1S/C21H21FN2O3/c22-18-4-1-3-14-16(18)13-17(14)21(25)24-10-8-23(9-11-24)19-5-2-6-20-15(19)7-12-26-27-20/h1-6,17H,7-13H2. The van der Waals surface area contributed by atoms with E-state index < -0.39 is 0 Å². The second kappa shape index (κ2) is 6.53. The lowest BCUT2D eigenvalue weighted by atomic mass is 9.76. The van der Waals surface area contributed by atoms with E-state index in [4.69, 9.17) is 9.78 Å². The lowest BCUT2D eigenvalue weighted by Crippen LogP contribution is -2.51. The summed E-state index contributed by atoms with van der Waals surface area (Å²) in [6.45, 7) is 3.49. The molecule has 140 valence electrons. The Kier molecular flexibility index (Phi) is 4.01. The zero-order chi connectivity index (χ0) is 18.4. The third-order valence-electron chi connectivity index (χ3n) is 5.86. The number of amides is 1. The van der Waals surface area contributed by atoms with Crippen molar-refractivity contribution in [1.29, 1.82) is 0 Å². The van der Waals surface area contributed by atoms with Gasteiger partial charge in [0.25, 0.3) is 0 Å². The highest BCUT2D eigenvalue weighted by atomic mass is 19.1. The van der Waals surface area contributed by atoms with Crippen LogP contribution in [0.4, 0.5) is 10.1 Å². The zero-order valence-electron chi connectivity index (χ0n) is 15.0. The lowest BCUT2D eigenvalue weighted by molar-refractivity contribution is -0.215. The van der Waals surface area contributed by atoms with Gasteiger partial charge in [-0.05, 0) is 35.7 Å². The summed E-state index contributed by atoms with van der Waals surface area (Å²) in [5.74, 6) is 0.531. The fourth-order valence-corrected chi connectivity index (χ4v) is 4.34. The molecule has 1 atom stereocenters. The Bertz CT molecular complexity index is 893. The minimum absolute atomic E-state index is 0.125. The number of piperazine rings is 1. The number of hydrogen-bond donors (Lipinski definition) is 0. The highest BCUT2D eigenvalue weighted by molar-refractivity contribution is 5.87. The summed E-state index contributed by atoms with van der Waals surface area (Å²) in [5.41, 5.74) is 3.90. The van der Waals surface area contributed by atoms with Crippen molar-refractivity contribution >= 4 is 11.6 Å². The van der Waals surface area contributed by atoms with Crippen LogP contribution in [0.25, 0.3) is 0 Å². The number of fused-ring (bicyclic) bond motifs is 2. The third kappa shape index (κ3) is 2.75. The van der Waals surface area contributed by atoms with Crippen LogP contribution < -0.4 is 9.79 Å². The van der Waals surface area contributed by atoms with Crippen LogP contribution >= 0.6 is 0 Å². The number of halogens is 1. The Morgan fingerprint density at radius 1 is 1.04 bits per heavy atom. The highest BCUT2D eigenvalue weighted by Gasteiger charge is 2.37. The van der Waals surface area contributed by atoms with Gasteiger partial charge in [0.1, 0.15) is 5.82 Å². The van der Waals surface area contributed by atoms with E-state index in [0.717, 1.165) is 30.8 Å². The van der Waals surface area contributed by atoms with Crippen molar-refractivity contribution in [3.63, 3.8) is 0 Å². The Labute approximate surface area is 157 Å². The van der Waals surface area contributed by atoms with Gasteiger partial charge in [0.15, 0.2) is 5.75 Å². The van der Waals surface area contributed by atoms with E-state index in [1.807, 2.05) is 23.1 Å². The van der Waals surface area contributed by atoms with E-state index in [1.54, 1.807) is 6.07 Å². The van der Waals surface area contributed by atoms with Gasteiger partial charge in [-0.1, -0.05) is 18.2 Å². The van der Waals surface area contributed by atoms with E-state index in [-0.39, 0.29) is 17.6 Å². The second-order valence-corrected chi connectivity index (χ2v) is 7.29. The van der Waals surface area contributed by atoms with Gasteiger partial charge in [-0.2, -0.15) is 4.89 Å². The van der Waals surface area contributed by atoms with E-state index in [9.17, 15) is 9.18 Å². The quantitative estimate of drug-likeness (QED) is 0.765. The summed E-state index contributed by atoms with van der Waals surface area (Å²) >= 11 is 0. The Morgan fingerprint density at radius 2 is 1.85 bits per heavy atom. The predicted molar refractivity (Wildman–Crippen MR) is 98.4 cm³/mol. The minimum Gasteiger partial charge on any atom is -0.368 e. The van der Waals surface area contributed by atoms with Crippen molar-refractivity contribution in [3.05, 3.63) is 58.9 Å². The van der Waals surface area contributed by atoms with Gasteiger partial charge in [-0.3, -0.25) is 4.79 Å². The van der Waals surface area contributed by atoms with Crippen molar-refractivity contribution in [1.82, 2.24) is 4.90 Å². The molecule has 5 rings (SSSR count). The van der Waals surface area contributed by atoms with Crippen LogP contribution in [0.1, 0.15) is 22.6 Å². The molecule has 0 radical (unpaired) electrons. The van der Waals surface area contributed by atoms with E-state index >= 15 is 0 Å². The van der Waals surface area contributed by atoms with Gasteiger partial charge in [0, 0.05) is 43.9 Å². The first kappa shape index (κ1) is 16.6. The molecule has 2 heterocycles. The number of rotatable bonds is 2. The maximum Gasteiger partial charge on any atom is 0.230 e. The predicted octanol–water partition coefficient (Wildman–Crippen LogP) is 2.68. The molecule has 0 spiro atoms. The topological polar surface area (TPSA) is 42.0 Å². The lowest BCUT2D eigenvalue weighted by Gasteiger charge is -2.40. The summed E-state index contributed by atoms with van der Waals surface area (Å²) in [4.78, 5) is 27.5. The van der Waals surface area contributed by atoms with E-state index in [0.29, 0.717) is 31.7 Å². The second-order valence-electron chi connectivity index (χ2n) is 7.29. The monoisotopic (exact) mass is 368 g/mol. The summed E-state index contributed by atoms with van der Waals surface area (Å²) in [5, 5.41) is 0. The van der Waals surface area contributed by atoms with Gasteiger partial charge in [-0.15, -0.1) is 0 Å². The number of benzene rings is 2. The van der Waals surface area contributed by atoms with Crippen LogP contribution in [-0.4, -0.2) is 43.6 Å². The Morgan fingerprint density at radius 3 is 2.70 bits per heavy atom. The molecule has 0 bridgehead atoms. The molecule has 0 N–H and O–H groups in total. The first-order valence-electron chi connectivity index (χ1n) is 9.45. The summed E-state index contributed by atoms with van der Waals surface area (Å²) in [6.07, 6.45) is 1.35. The van der Waals surface area contributed by atoms with Crippen molar-refractivity contribution in [2.45, 2.75) is 18.8 Å². The Balaban J connectivity index is 1.27. The first-order valence-corrected chi connectivity index (χ1v) is 9.45. The number of carbonyl (C=O) groups is 1. The van der Waals surface area contributed by atoms with Crippen LogP contribution in [0.2, 0.25) is 0 Å². The largest absolute Gasteiger partial charge is 0.368 e. The number of hydrogen-bond acceptors (Lipinski definition) is 4. The van der Waals surface area contributed by atoms with Crippen molar-refractivity contribution in [2.75, 3.05) is 37.7 Å². The smallest absolute Gasteiger partial charge is 0.230 e. The minimum atomic E-state index is -0.193. The van der Waals surface area contributed by atoms with Gasteiger partial charge in [0.05, 0.1) is 12.5 Å². The van der Waals surface area contributed by atoms with E-state index in [1.165, 1.54) is 17.3 Å². The molecular formula is C21H21FN2O3. The fourth-order valence-electron chi connectivity index (χ4n) is 4.34. The molecule has 2 aromatic carbocycles. The number of nitrogens with zero attached hydrogens (tertiary/aromatic N) is 2. The first-order chi connectivity index (χ1) is 13.2. The molecule has 1 aliphatic carbocycles.